The second-order valence-electron chi connectivity index (χ2n) is 2.60. The fourth-order valence-electron chi connectivity index (χ4n) is 1.15. The van der Waals surface area contributed by atoms with Crippen LogP contribution >= 0.6 is 15.9 Å². The van der Waals surface area contributed by atoms with Crippen molar-refractivity contribution in [2.45, 2.75) is 13.8 Å². The molecule has 0 saturated heterocycles. The Morgan fingerprint density at radius 1 is 1.33 bits per heavy atom. The average Bonchev–Trinajstić information content (AvgIpc) is 2.29. The number of nitrogens with zero attached hydrogens (tertiary/aromatic N) is 4. The Bertz CT molecular complexity index is 434. The number of rotatable bonds is 0. The van der Waals surface area contributed by atoms with Gasteiger partial charge < -0.3 is 0 Å². The first kappa shape index (κ1) is 7.67. The molecule has 0 fully saturated rings. The zero-order valence-corrected chi connectivity index (χ0v) is 8.33. The molecule has 0 saturated carbocycles. The fourth-order valence-corrected chi connectivity index (χ4v) is 1.49. The lowest BCUT2D eigenvalue weighted by molar-refractivity contribution is 0.844. The van der Waals surface area contributed by atoms with Gasteiger partial charge in [-0.3, -0.25) is 0 Å². The molecule has 0 aromatic carbocycles. The molecule has 62 valence electrons. The molecule has 0 spiro atoms. The lowest BCUT2D eigenvalue weighted by Gasteiger charge is -1.97. The van der Waals surface area contributed by atoms with Gasteiger partial charge in [0.1, 0.15) is 5.82 Å². The van der Waals surface area contributed by atoms with Gasteiger partial charge in [0.15, 0.2) is 5.65 Å². The smallest absolute Gasteiger partial charge is 0.218 e. The predicted molar refractivity (Wildman–Crippen MR) is 48.0 cm³/mol. The van der Waals surface area contributed by atoms with Crippen molar-refractivity contribution in [3.63, 3.8) is 0 Å². The first-order valence-corrected chi connectivity index (χ1v) is 4.32. The number of halogens is 1. The minimum atomic E-state index is 0.595. The van der Waals surface area contributed by atoms with Crippen LogP contribution in [-0.2, 0) is 0 Å². The average molecular weight is 227 g/mol. The molecular formula is C7H7BrN4. The van der Waals surface area contributed by atoms with Crippen molar-refractivity contribution in [2.24, 2.45) is 0 Å². The van der Waals surface area contributed by atoms with E-state index in [1.54, 1.807) is 4.52 Å². The van der Waals surface area contributed by atoms with E-state index in [9.17, 15) is 0 Å². The first-order valence-electron chi connectivity index (χ1n) is 3.53. The highest BCUT2D eigenvalue weighted by atomic mass is 79.9. The van der Waals surface area contributed by atoms with Crippen LogP contribution in [0.5, 0.6) is 0 Å². The molecule has 0 amide bonds. The van der Waals surface area contributed by atoms with Crippen molar-refractivity contribution in [3.05, 3.63) is 22.3 Å². The minimum absolute atomic E-state index is 0.595. The van der Waals surface area contributed by atoms with Crippen LogP contribution in [0.1, 0.15) is 11.5 Å². The van der Waals surface area contributed by atoms with Gasteiger partial charge in [0.05, 0.1) is 0 Å². The van der Waals surface area contributed by atoms with Gasteiger partial charge in [0.25, 0.3) is 0 Å². The topological polar surface area (TPSA) is 43.1 Å². The largest absolute Gasteiger partial charge is 0.238 e. The van der Waals surface area contributed by atoms with E-state index < -0.39 is 0 Å². The highest BCUT2D eigenvalue weighted by Gasteiger charge is 2.03. The van der Waals surface area contributed by atoms with Gasteiger partial charge in [-0.1, -0.05) is 0 Å². The van der Waals surface area contributed by atoms with Crippen molar-refractivity contribution in [3.8, 4) is 0 Å². The Balaban J connectivity index is 2.88. The van der Waals surface area contributed by atoms with E-state index in [0.717, 1.165) is 17.2 Å². The lowest BCUT2D eigenvalue weighted by Crippen LogP contribution is -1.98. The summed E-state index contributed by atoms with van der Waals surface area (Å²) in [5.41, 5.74) is 1.78. The molecule has 2 heterocycles. The third kappa shape index (κ3) is 1.10. The maximum atomic E-state index is 4.25. The van der Waals surface area contributed by atoms with E-state index in [1.807, 2.05) is 19.9 Å². The monoisotopic (exact) mass is 226 g/mol. The summed E-state index contributed by atoms with van der Waals surface area (Å²) in [5, 5.41) is 4.11. The number of aromatic nitrogens is 4. The molecule has 0 aliphatic heterocycles. The summed E-state index contributed by atoms with van der Waals surface area (Å²) >= 11 is 3.21. The summed E-state index contributed by atoms with van der Waals surface area (Å²) in [6, 6.07) is 1.89. The fraction of sp³-hybridized carbons (Fsp3) is 0.286. The molecule has 0 radical (unpaired) electrons. The van der Waals surface area contributed by atoms with Gasteiger partial charge in [-0.15, -0.1) is 5.10 Å². The standard InChI is InChI=1S/C7H7BrN4/c1-4-3-6-10-7(8)11-12(6)5(2)9-4/h3H,1-2H3. The number of aryl methyl sites for hydroxylation is 2. The van der Waals surface area contributed by atoms with Crippen LogP contribution in [0.15, 0.2) is 10.8 Å². The minimum Gasteiger partial charge on any atom is -0.238 e. The van der Waals surface area contributed by atoms with Crippen molar-refractivity contribution in [2.75, 3.05) is 0 Å². The maximum Gasteiger partial charge on any atom is 0.218 e. The second kappa shape index (κ2) is 2.52. The number of hydrogen-bond donors (Lipinski definition) is 0. The van der Waals surface area contributed by atoms with Gasteiger partial charge in [-0.2, -0.15) is 4.52 Å². The van der Waals surface area contributed by atoms with E-state index in [-0.39, 0.29) is 0 Å². The van der Waals surface area contributed by atoms with Crippen LogP contribution in [0.25, 0.3) is 5.65 Å². The second-order valence-corrected chi connectivity index (χ2v) is 3.30. The molecule has 0 bridgehead atoms. The van der Waals surface area contributed by atoms with Crippen molar-refractivity contribution in [1.29, 1.82) is 0 Å². The van der Waals surface area contributed by atoms with Crippen LogP contribution in [-0.4, -0.2) is 19.6 Å². The van der Waals surface area contributed by atoms with Crippen molar-refractivity contribution in [1.82, 2.24) is 19.6 Å². The van der Waals surface area contributed by atoms with Crippen LogP contribution in [0.4, 0.5) is 0 Å². The molecule has 2 rings (SSSR count). The predicted octanol–water partition coefficient (Wildman–Crippen LogP) is 1.50. The molecule has 2 aromatic rings. The molecule has 0 unspecified atom stereocenters. The van der Waals surface area contributed by atoms with Gasteiger partial charge in [-0.25, -0.2) is 9.97 Å². The van der Waals surface area contributed by atoms with Gasteiger partial charge in [-0.05, 0) is 29.8 Å². The van der Waals surface area contributed by atoms with Crippen molar-refractivity contribution < 1.29 is 0 Å². The van der Waals surface area contributed by atoms with Crippen LogP contribution in [0.3, 0.4) is 0 Å². The summed E-state index contributed by atoms with van der Waals surface area (Å²) < 4.78 is 2.30. The van der Waals surface area contributed by atoms with Crippen LogP contribution in [0.2, 0.25) is 0 Å². The van der Waals surface area contributed by atoms with Crippen LogP contribution in [0, 0.1) is 13.8 Å². The van der Waals surface area contributed by atoms with Gasteiger partial charge >= 0.3 is 0 Å². The molecule has 0 atom stereocenters. The van der Waals surface area contributed by atoms with Gasteiger partial charge in [0.2, 0.25) is 4.73 Å². The van der Waals surface area contributed by atoms with Crippen molar-refractivity contribution >= 4 is 21.6 Å². The Morgan fingerprint density at radius 2 is 2.08 bits per heavy atom. The van der Waals surface area contributed by atoms with E-state index in [2.05, 4.69) is 31.0 Å². The quantitative estimate of drug-likeness (QED) is 0.684. The van der Waals surface area contributed by atoms with E-state index in [1.165, 1.54) is 0 Å². The molecule has 12 heavy (non-hydrogen) atoms. The van der Waals surface area contributed by atoms with Crippen LogP contribution < -0.4 is 0 Å². The molecular weight excluding hydrogens is 220 g/mol. The Hall–Kier alpha value is -0.970. The summed E-state index contributed by atoms with van der Waals surface area (Å²) in [6.07, 6.45) is 0. The molecule has 4 nitrogen and oxygen atoms in total. The first-order chi connectivity index (χ1) is 5.66. The number of hydrogen-bond acceptors (Lipinski definition) is 3. The molecule has 0 N–H and O–H groups in total. The highest BCUT2D eigenvalue weighted by molar-refractivity contribution is 9.10. The summed E-state index contributed by atoms with van der Waals surface area (Å²) in [7, 11) is 0. The van der Waals surface area contributed by atoms with Gasteiger partial charge in [0, 0.05) is 11.8 Å². The molecule has 0 aliphatic carbocycles. The van der Waals surface area contributed by atoms with E-state index in [0.29, 0.717) is 4.73 Å². The summed E-state index contributed by atoms with van der Waals surface area (Å²) in [6.45, 7) is 3.84. The van der Waals surface area contributed by atoms with E-state index >= 15 is 0 Å². The molecule has 0 aliphatic rings. The van der Waals surface area contributed by atoms with E-state index in [4.69, 9.17) is 0 Å². The SMILES string of the molecule is Cc1cc2nc(Br)nn2c(C)n1. The Kier molecular flexibility index (Phi) is 1.61. The Labute approximate surface area is 77.8 Å². The molecule has 5 heteroatoms. The lowest BCUT2D eigenvalue weighted by atomic mass is 10.4. The third-order valence-electron chi connectivity index (χ3n) is 1.59. The third-order valence-corrected chi connectivity index (χ3v) is 1.92. The highest BCUT2D eigenvalue weighted by Crippen LogP contribution is 2.08. The Morgan fingerprint density at radius 3 is 2.83 bits per heavy atom. The number of fused-ring (bicyclic) bond motifs is 1. The normalized spacial score (nSPS) is 10.9. The summed E-state index contributed by atoms with van der Waals surface area (Å²) in [5.74, 6) is 0.850. The zero-order valence-electron chi connectivity index (χ0n) is 6.74. The summed E-state index contributed by atoms with van der Waals surface area (Å²) in [4.78, 5) is 8.42. The zero-order chi connectivity index (χ0) is 8.72. The molecule has 2 aromatic heterocycles. The maximum absolute atomic E-state index is 4.25.